The molecule has 0 amide bonds. The molecule has 2 rings (SSSR count). The molecule has 0 atom stereocenters. The third kappa shape index (κ3) is 2.39. The van der Waals surface area contributed by atoms with Crippen molar-refractivity contribution in [2.24, 2.45) is 0 Å². The lowest BCUT2D eigenvalue weighted by Crippen LogP contribution is -1.97. The number of rotatable bonds is 4. The fourth-order valence-corrected chi connectivity index (χ4v) is 2.50. The molecule has 0 radical (unpaired) electrons. The number of nitrogens with zero attached hydrogens (tertiary/aromatic N) is 1. The zero-order chi connectivity index (χ0) is 14.0. The quantitative estimate of drug-likeness (QED) is 0.751. The first-order valence-electron chi connectivity index (χ1n) is 6.50. The van der Waals surface area contributed by atoms with Crippen LogP contribution in [0, 0.1) is 12.3 Å². The summed E-state index contributed by atoms with van der Waals surface area (Å²) in [5.41, 5.74) is 5.43. The van der Waals surface area contributed by atoms with Gasteiger partial charge in [0.1, 0.15) is 0 Å². The number of allylic oxidation sites excluding steroid dienone is 2. The van der Waals surface area contributed by atoms with Crippen molar-refractivity contribution in [3.63, 3.8) is 0 Å². The minimum Gasteiger partial charge on any atom is -0.318 e. The van der Waals surface area contributed by atoms with Crippen LogP contribution in [0.4, 0.5) is 0 Å². The van der Waals surface area contributed by atoms with E-state index in [-0.39, 0.29) is 0 Å². The molecular weight excluding hydrogens is 232 g/mol. The predicted molar refractivity (Wildman–Crippen MR) is 84.7 cm³/mol. The molecule has 2 aromatic rings. The SMILES string of the molecule is C=Cc1c(C)n(C(C)=CCC(C)=N)c2ccccc12. The van der Waals surface area contributed by atoms with Crippen molar-refractivity contribution in [3.8, 4) is 0 Å². The van der Waals surface area contributed by atoms with Gasteiger partial charge < -0.3 is 9.98 Å². The van der Waals surface area contributed by atoms with Crippen LogP contribution in [0.5, 0.6) is 0 Å². The molecule has 0 aliphatic heterocycles. The van der Waals surface area contributed by atoms with Crippen molar-refractivity contribution >= 4 is 28.4 Å². The van der Waals surface area contributed by atoms with Crippen molar-refractivity contribution in [3.05, 3.63) is 48.2 Å². The molecule has 1 heterocycles. The Labute approximate surface area is 114 Å². The highest BCUT2D eigenvalue weighted by Gasteiger charge is 2.11. The van der Waals surface area contributed by atoms with Crippen molar-refractivity contribution in [2.45, 2.75) is 27.2 Å². The van der Waals surface area contributed by atoms with Crippen LogP contribution in [0.2, 0.25) is 0 Å². The first-order chi connectivity index (χ1) is 9.06. The molecule has 0 aliphatic rings. The van der Waals surface area contributed by atoms with E-state index >= 15 is 0 Å². The lowest BCUT2D eigenvalue weighted by molar-refractivity contribution is 1.06. The first-order valence-corrected chi connectivity index (χ1v) is 6.50. The zero-order valence-corrected chi connectivity index (χ0v) is 11.8. The molecular formula is C17H20N2. The fraction of sp³-hybridized carbons (Fsp3) is 0.235. The lowest BCUT2D eigenvalue weighted by Gasteiger charge is -2.09. The van der Waals surface area contributed by atoms with Crippen molar-refractivity contribution < 1.29 is 0 Å². The van der Waals surface area contributed by atoms with Gasteiger partial charge in [-0.1, -0.05) is 36.9 Å². The third-order valence-corrected chi connectivity index (χ3v) is 3.42. The summed E-state index contributed by atoms with van der Waals surface area (Å²) >= 11 is 0. The maximum absolute atomic E-state index is 7.54. The largest absolute Gasteiger partial charge is 0.318 e. The summed E-state index contributed by atoms with van der Waals surface area (Å²) in [5, 5.41) is 8.77. The number of para-hydroxylation sites is 1. The number of nitrogens with one attached hydrogen (secondary N) is 1. The third-order valence-electron chi connectivity index (χ3n) is 3.42. The number of fused-ring (bicyclic) bond motifs is 1. The summed E-state index contributed by atoms with van der Waals surface area (Å²) in [6, 6.07) is 8.37. The number of benzene rings is 1. The Balaban J connectivity index is 2.66. The highest BCUT2D eigenvalue weighted by molar-refractivity contribution is 5.93. The minimum absolute atomic E-state index is 0.678. The Morgan fingerprint density at radius 1 is 1.32 bits per heavy atom. The van der Waals surface area contributed by atoms with Gasteiger partial charge in [0.05, 0.1) is 5.52 Å². The van der Waals surface area contributed by atoms with Crippen molar-refractivity contribution in [1.29, 1.82) is 5.41 Å². The zero-order valence-electron chi connectivity index (χ0n) is 11.8. The summed E-state index contributed by atoms with van der Waals surface area (Å²) < 4.78 is 2.25. The molecule has 2 heteroatoms. The average molecular weight is 252 g/mol. The van der Waals surface area contributed by atoms with Gasteiger partial charge in [0, 0.05) is 34.5 Å². The molecule has 19 heavy (non-hydrogen) atoms. The molecule has 1 N–H and O–H groups in total. The van der Waals surface area contributed by atoms with Gasteiger partial charge in [-0.25, -0.2) is 0 Å². The van der Waals surface area contributed by atoms with E-state index in [1.54, 1.807) is 0 Å². The van der Waals surface area contributed by atoms with E-state index in [9.17, 15) is 0 Å². The molecule has 0 saturated carbocycles. The standard InChI is InChI=1S/C17H20N2/c1-5-15-14(4)19(13(3)11-10-12(2)18)17-9-7-6-8-16(15)17/h5-9,11,18H,1,10H2,2-4H3. The molecule has 0 saturated heterocycles. The molecule has 2 nitrogen and oxygen atoms in total. The van der Waals surface area contributed by atoms with Crippen LogP contribution in [0.15, 0.2) is 36.9 Å². The van der Waals surface area contributed by atoms with Gasteiger partial charge in [-0.05, 0) is 26.8 Å². The van der Waals surface area contributed by atoms with Gasteiger partial charge in [0.25, 0.3) is 0 Å². The predicted octanol–water partition coefficient (Wildman–Crippen LogP) is 4.88. The Morgan fingerprint density at radius 3 is 2.63 bits per heavy atom. The highest BCUT2D eigenvalue weighted by atomic mass is 15.0. The molecule has 1 aromatic carbocycles. The summed E-state index contributed by atoms with van der Waals surface area (Å²) in [7, 11) is 0. The first kappa shape index (κ1) is 13.3. The van der Waals surface area contributed by atoms with Gasteiger partial charge in [-0.15, -0.1) is 0 Å². The molecule has 1 aromatic heterocycles. The van der Waals surface area contributed by atoms with Crippen molar-refractivity contribution in [2.75, 3.05) is 0 Å². The smallest absolute Gasteiger partial charge is 0.0534 e. The van der Waals surface area contributed by atoms with Crippen LogP contribution in [0.3, 0.4) is 0 Å². The Morgan fingerprint density at radius 2 is 2.00 bits per heavy atom. The van der Waals surface area contributed by atoms with E-state index in [4.69, 9.17) is 5.41 Å². The monoisotopic (exact) mass is 252 g/mol. The molecule has 0 unspecified atom stereocenters. The second-order valence-electron chi connectivity index (χ2n) is 4.89. The van der Waals surface area contributed by atoms with Crippen LogP contribution in [0.25, 0.3) is 22.7 Å². The van der Waals surface area contributed by atoms with E-state index in [2.05, 4.69) is 55.3 Å². The average Bonchev–Trinajstić information content (AvgIpc) is 2.67. The topological polar surface area (TPSA) is 28.8 Å². The maximum atomic E-state index is 7.54. The maximum Gasteiger partial charge on any atom is 0.0534 e. The molecule has 0 aliphatic carbocycles. The van der Waals surface area contributed by atoms with Gasteiger partial charge in [-0.3, -0.25) is 0 Å². The van der Waals surface area contributed by atoms with Gasteiger partial charge in [0.2, 0.25) is 0 Å². The summed E-state index contributed by atoms with van der Waals surface area (Å²) in [6.07, 6.45) is 4.72. The van der Waals surface area contributed by atoms with Crippen LogP contribution in [0.1, 0.15) is 31.5 Å². The van der Waals surface area contributed by atoms with Gasteiger partial charge in [-0.2, -0.15) is 0 Å². The molecule has 98 valence electrons. The summed E-state index contributed by atoms with van der Waals surface area (Å²) in [4.78, 5) is 0. The molecule has 0 bridgehead atoms. The van der Waals surface area contributed by atoms with E-state index < -0.39 is 0 Å². The minimum atomic E-state index is 0.678. The van der Waals surface area contributed by atoms with E-state index in [1.807, 2.05) is 13.0 Å². The van der Waals surface area contributed by atoms with Crippen LogP contribution in [-0.4, -0.2) is 10.3 Å². The number of hydrogen-bond donors (Lipinski definition) is 1. The fourth-order valence-electron chi connectivity index (χ4n) is 2.50. The molecule has 0 spiro atoms. The highest BCUT2D eigenvalue weighted by Crippen LogP contribution is 2.29. The van der Waals surface area contributed by atoms with Gasteiger partial charge >= 0.3 is 0 Å². The van der Waals surface area contributed by atoms with Gasteiger partial charge in [0.15, 0.2) is 0 Å². The van der Waals surface area contributed by atoms with E-state index in [0.717, 1.165) is 5.70 Å². The Bertz CT molecular complexity index is 672. The van der Waals surface area contributed by atoms with Crippen LogP contribution in [-0.2, 0) is 0 Å². The second-order valence-corrected chi connectivity index (χ2v) is 4.89. The lowest BCUT2D eigenvalue weighted by atomic mass is 10.1. The van der Waals surface area contributed by atoms with E-state index in [1.165, 1.54) is 22.2 Å². The second kappa shape index (κ2) is 5.27. The molecule has 0 fully saturated rings. The van der Waals surface area contributed by atoms with Crippen LogP contribution < -0.4 is 0 Å². The summed E-state index contributed by atoms with van der Waals surface area (Å²) in [6.45, 7) is 9.96. The Hall–Kier alpha value is -2.09. The number of aromatic nitrogens is 1. The Kier molecular flexibility index (Phi) is 3.70. The summed E-state index contributed by atoms with van der Waals surface area (Å²) in [5.74, 6) is 0. The van der Waals surface area contributed by atoms with Crippen molar-refractivity contribution in [1.82, 2.24) is 4.57 Å². The normalized spacial score (nSPS) is 11.8. The number of hydrogen-bond acceptors (Lipinski definition) is 1. The van der Waals surface area contributed by atoms with Crippen LogP contribution >= 0.6 is 0 Å². The van der Waals surface area contributed by atoms with E-state index in [0.29, 0.717) is 12.1 Å².